The Balaban J connectivity index is 1.85. The molecule has 6 nitrogen and oxygen atoms in total. The Labute approximate surface area is 218 Å². The highest BCUT2D eigenvalue weighted by atomic mass is 19.1. The largest absolute Gasteiger partial charge is 0.390 e. The van der Waals surface area contributed by atoms with Crippen LogP contribution < -0.4 is 16.1 Å². The number of carbonyl (C=O) groups excluding carboxylic acids is 1. The van der Waals surface area contributed by atoms with Crippen LogP contribution in [0.25, 0.3) is 0 Å². The molecule has 0 radical (unpaired) electrons. The van der Waals surface area contributed by atoms with E-state index in [1.807, 2.05) is 0 Å². The Morgan fingerprint density at radius 1 is 1.11 bits per heavy atom. The molecule has 1 aliphatic rings. The molecule has 1 aliphatic carbocycles. The van der Waals surface area contributed by atoms with Gasteiger partial charge in [0, 0.05) is 37.8 Å². The number of nitrogens with zero attached hydrogens (tertiary/aromatic N) is 1. The second-order valence-electron chi connectivity index (χ2n) is 11.1. The van der Waals surface area contributed by atoms with E-state index in [4.69, 9.17) is 0 Å². The van der Waals surface area contributed by atoms with Gasteiger partial charge in [-0.15, -0.1) is 0 Å². The quantitative estimate of drug-likeness (QED) is 0.376. The fourth-order valence-corrected chi connectivity index (χ4v) is 5.06. The van der Waals surface area contributed by atoms with Crippen LogP contribution in [0.5, 0.6) is 0 Å². The maximum atomic E-state index is 13.8. The SMILES string of the molecule is CNN=C1CCC(NC[C@@H](O)[C@H](Cc2cc(F)cc(F)c2)NC(C)=O)(c2cccc(C(C)(C)C)c2)CC1. The molecule has 1 fully saturated rings. The summed E-state index contributed by atoms with van der Waals surface area (Å²) in [7, 11) is 1.79. The number of benzene rings is 2. The highest BCUT2D eigenvalue weighted by Crippen LogP contribution is 2.38. The van der Waals surface area contributed by atoms with Crippen LogP contribution in [0.4, 0.5) is 8.78 Å². The van der Waals surface area contributed by atoms with E-state index < -0.39 is 23.8 Å². The molecule has 2 aromatic rings. The minimum atomic E-state index is -0.981. The number of halogens is 2. The Morgan fingerprint density at radius 3 is 2.32 bits per heavy atom. The standard InChI is InChI=1S/C29H40F2N4O2/c1-19(36)34-26(15-20-13-23(30)17-24(31)14-20)27(37)18-33-29(11-9-25(10-12-29)35-32-5)22-8-6-7-21(16-22)28(2,3)4/h6-8,13-14,16-17,26-27,32-33,37H,9-12,15,18H2,1-5H3,(H,34,36)/t26-,27+,29?/m0/s1. The fourth-order valence-electron chi connectivity index (χ4n) is 5.06. The van der Waals surface area contributed by atoms with Gasteiger partial charge in [-0.25, -0.2) is 8.78 Å². The average molecular weight is 515 g/mol. The number of hydrogen-bond donors (Lipinski definition) is 4. The number of aliphatic hydroxyl groups is 1. The zero-order valence-corrected chi connectivity index (χ0v) is 22.5. The van der Waals surface area contributed by atoms with E-state index in [-0.39, 0.29) is 29.8 Å². The first-order valence-corrected chi connectivity index (χ1v) is 12.9. The number of nitrogens with one attached hydrogen (secondary N) is 3. The lowest BCUT2D eigenvalue weighted by Crippen LogP contribution is -2.53. The molecular formula is C29H40F2N4O2. The minimum Gasteiger partial charge on any atom is -0.390 e. The number of amides is 1. The van der Waals surface area contributed by atoms with Crippen LogP contribution in [0.1, 0.15) is 70.1 Å². The Kier molecular flexibility index (Phi) is 9.42. The number of aliphatic hydroxyl groups excluding tert-OH is 1. The van der Waals surface area contributed by atoms with E-state index in [1.54, 1.807) is 7.05 Å². The average Bonchev–Trinajstić information content (AvgIpc) is 2.82. The van der Waals surface area contributed by atoms with Crippen molar-refractivity contribution < 1.29 is 18.7 Å². The zero-order valence-electron chi connectivity index (χ0n) is 22.5. The molecular weight excluding hydrogens is 474 g/mol. The van der Waals surface area contributed by atoms with Gasteiger partial charge in [-0.05, 0) is 66.3 Å². The molecule has 202 valence electrons. The van der Waals surface area contributed by atoms with Gasteiger partial charge in [0.15, 0.2) is 0 Å². The lowest BCUT2D eigenvalue weighted by molar-refractivity contribution is -0.120. The van der Waals surface area contributed by atoms with E-state index in [9.17, 15) is 18.7 Å². The molecule has 0 aliphatic heterocycles. The molecule has 2 atom stereocenters. The third kappa shape index (κ3) is 7.82. The second kappa shape index (κ2) is 12.1. The van der Waals surface area contributed by atoms with Gasteiger partial charge in [0.2, 0.25) is 5.91 Å². The molecule has 1 amide bonds. The topological polar surface area (TPSA) is 85.8 Å². The van der Waals surface area contributed by atoms with Crippen molar-refractivity contribution in [3.8, 4) is 0 Å². The van der Waals surface area contributed by atoms with Crippen LogP contribution in [0, 0.1) is 11.6 Å². The van der Waals surface area contributed by atoms with Gasteiger partial charge in [0.25, 0.3) is 0 Å². The molecule has 8 heteroatoms. The first-order chi connectivity index (χ1) is 17.4. The van der Waals surface area contributed by atoms with Gasteiger partial charge in [-0.2, -0.15) is 5.10 Å². The molecule has 0 saturated heterocycles. The zero-order chi connectivity index (χ0) is 27.2. The van der Waals surface area contributed by atoms with E-state index in [1.165, 1.54) is 24.6 Å². The van der Waals surface area contributed by atoms with Crippen molar-refractivity contribution in [2.75, 3.05) is 13.6 Å². The molecule has 0 heterocycles. The molecule has 2 aromatic carbocycles. The summed E-state index contributed by atoms with van der Waals surface area (Å²) >= 11 is 0. The minimum absolute atomic E-state index is 0.0130. The van der Waals surface area contributed by atoms with Crippen molar-refractivity contribution in [2.24, 2.45) is 5.10 Å². The molecule has 37 heavy (non-hydrogen) atoms. The summed E-state index contributed by atoms with van der Waals surface area (Å²) in [5, 5.41) is 22.0. The van der Waals surface area contributed by atoms with E-state index in [2.05, 4.69) is 66.2 Å². The summed E-state index contributed by atoms with van der Waals surface area (Å²) in [6.45, 7) is 8.11. The van der Waals surface area contributed by atoms with E-state index in [0.29, 0.717) is 5.56 Å². The maximum Gasteiger partial charge on any atom is 0.217 e. The lowest BCUT2D eigenvalue weighted by Gasteiger charge is -2.41. The van der Waals surface area contributed by atoms with Gasteiger partial charge in [-0.1, -0.05) is 45.0 Å². The van der Waals surface area contributed by atoms with Crippen molar-refractivity contribution >= 4 is 11.6 Å². The maximum absolute atomic E-state index is 13.8. The third-order valence-electron chi connectivity index (χ3n) is 7.11. The number of hydrogen-bond acceptors (Lipinski definition) is 5. The molecule has 0 bridgehead atoms. The van der Waals surface area contributed by atoms with Crippen molar-refractivity contribution in [1.82, 2.24) is 16.1 Å². The third-order valence-corrected chi connectivity index (χ3v) is 7.11. The van der Waals surface area contributed by atoms with Gasteiger partial charge >= 0.3 is 0 Å². The Bertz CT molecular complexity index is 1080. The number of carbonyl (C=O) groups is 1. The fraction of sp³-hybridized carbons (Fsp3) is 0.517. The molecule has 0 spiro atoms. The van der Waals surface area contributed by atoms with Crippen molar-refractivity contribution in [3.63, 3.8) is 0 Å². The summed E-state index contributed by atoms with van der Waals surface area (Å²) in [6.07, 6.45) is 2.33. The van der Waals surface area contributed by atoms with Gasteiger partial charge in [-0.3, -0.25) is 4.79 Å². The smallest absolute Gasteiger partial charge is 0.217 e. The molecule has 1 saturated carbocycles. The van der Waals surface area contributed by atoms with Crippen LogP contribution in [-0.4, -0.2) is 42.5 Å². The van der Waals surface area contributed by atoms with Gasteiger partial charge in [0.1, 0.15) is 11.6 Å². The van der Waals surface area contributed by atoms with Crippen molar-refractivity contribution in [2.45, 2.75) is 82.9 Å². The number of rotatable bonds is 9. The summed E-state index contributed by atoms with van der Waals surface area (Å²) in [5.41, 5.74) is 6.34. The second-order valence-corrected chi connectivity index (χ2v) is 11.1. The molecule has 4 N–H and O–H groups in total. The first kappa shape index (κ1) is 28.7. The number of hydrazone groups is 1. The van der Waals surface area contributed by atoms with Crippen molar-refractivity contribution in [3.05, 3.63) is 70.8 Å². The summed E-state index contributed by atoms with van der Waals surface area (Å²) in [6, 6.07) is 11.1. The molecule has 3 rings (SSSR count). The lowest BCUT2D eigenvalue weighted by atomic mass is 9.74. The monoisotopic (exact) mass is 514 g/mol. The first-order valence-electron chi connectivity index (χ1n) is 12.9. The molecule has 0 aromatic heterocycles. The summed E-state index contributed by atoms with van der Waals surface area (Å²) in [4.78, 5) is 11.9. The normalized spacial score (nSPS) is 19.7. The van der Waals surface area contributed by atoms with Crippen molar-refractivity contribution in [1.29, 1.82) is 0 Å². The van der Waals surface area contributed by atoms with E-state index in [0.717, 1.165) is 43.0 Å². The van der Waals surface area contributed by atoms with Crippen LogP contribution in [0.15, 0.2) is 47.6 Å². The predicted molar refractivity (Wildman–Crippen MR) is 143 cm³/mol. The van der Waals surface area contributed by atoms with Gasteiger partial charge in [0.05, 0.1) is 12.1 Å². The molecule has 0 unspecified atom stereocenters. The van der Waals surface area contributed by atoms with E-state index >= 15 is 0 Å². The van der Waals surface area contributed by atoms with Crippen LogP contribution in [0.2, 0.25) is 0 Å². The highest BCUT2D eigenvalue weighted by molar-refractivity contribution is 5.85. The van der Waals surface area contributed by atoms with Crippen LogP contribution >= 0.6 is 0 Å². The van der Waals surface area contributed by atoms with Crippen LogP contribution in [-0.2, 0) is 22.2 Å². The van der Waals surface area contributed by atoms with Gasteiger partial charge < -0.3 is 21.2 Å². The Morgan fingerprint density at radius 2 is 1.76 bits per heavy atom. The summed E-state index contributed by atoms with van der Waals surface area (Å²) in [5.74, 6) is -1.70. The highest BCUT2D eigenvalue weighted by Gasteiger charge is 2.37. The summed E-state index contributed by atoms with van der Waals surface area (Å²) < 4.78 is 27.5. The predicted octanol–water partition coefficient (Wildman–Crippen LogP) is 4.30. The Hall–Kier alpha value is -2.84. The van der Waals surface area contributed by atoms with Crippen LogP contribution in [0.3, 0.4) is 0 Å².